The molecular formula is C14H16N2O2. The van der Waals surface area contributed by atoms with Crippen LogP contribution in [0.25, 0.3) is 0 Å². The number of nitrogens with zero attached hydrogens (tertiary/aromatic N) is 2. The molecule has 1 aromatic carbocycles. The van der Waals surface area contributed by atoms with Crippen LogP contribution in [0.3, 0.4) is 0 Å². The molecule has 0 spiro atoms. The molecule has 4 heteroatoms. The summed E-state index contributed by atoms with van der Waals surface area (Å²) >= 11 is 0. The molecule has 0 fully saturated rings. The molecule has 2 rings (SSSR count). The third-order valence-electron chi connectivity index (χ3n) is 3.11. The zero-order valence-electron chi connectivity index (χ0n) is 11.0. The Kier molecular flexibility index (Phi) is 2.78. The number of ether oxygens (including phenoxy) is 1. The summed E-state index contributed by atoms with van der Waals surface area (Å²) in [6.07, 6.45) is 0. The SMILES string of the molecule is COc1ccc2c(c1)C(C#N)N(C(C)(C)C)C2=O. The first kappa shape index (κ1) is 12.4. The highest BCUT2D eigenvalue weighted by molar-refractivity contribution is 6.00. The maximum absolute atomic E-state index is 12.3. The standard InChI is InChI=1S/C14H16N2O2/c1-14(2,3)16-12(8-15)11-7-9(18-4)5-6-10(11)13(16)17/h5-7,12H,1-4H3. The topological polar surface area (TPSA) is 53.3 Å². The number of benzene rings is 1. The molecule has 1 atom stereocenters. The van der Waals surface area contributed by atoms with E-state index in [4.69, 9.17) is 4.74 Å². The second-order valence-corrected chi connectivity index (χ2v) is 5.33. The third-order valence-corrected chi connectivity index (χ3v) is 3.11. The lowest BCUT2D eigenvalue weighted by atomic mass is 10.0. The largest absolute Gasteiger partial charge is 0.497 e. The number of methoxy groups -OCH3 is 1. The number of amides is 1. The highest BCUT2D eigenvalue weighted by atomic mass is 16.5. The normalized spacial score (nSPS) is 18.5. The Balaban J connectivity index is 2.57. The summed E-state index contributed by atoms with van der Waals surface area (Å²) in [7, 11) is 1.57. The smallest absolute Gasteiger partial charge is 0.256 e. The number of nitriles is 1. The van der Waals surface area contributed by atoms with Crippen molar-refractivity contribution in [2.24, 2.45) is 0 Å². The quantitative estimate of drug-likeness (QED) is 0.762. The first-order chi connectivity index (χ1) is 8.40. The predicted octanol–water partition coefficient (Wildman–Crippen LogP) is 2.51. The molecule has 0 radical (unpaired) electrons. The molecule has 94 valence electrons. The lowest BCUT2D eigenvalue weighted by Gasteiger charge is -2.34. The van der Waals surface area contributed by atoms with Crippen molar-refractivity contribution < 1.29 is 9.53 Å². The van der Waals surface area contributed by atoms with Crippen molar-refractivity contribution in [2.75, 3.05) is 7.11 Å². The Bertz CT molecular complexity index is 538. The molecule has 4 nitrogen and oxygen atoms in total. The van der Waals surface area contributed by atoms with E-state index in [9.17, 15) is 10.1 Å². The van der Waals surface area contributed by atoms with Gasteiger partial charge in [0.05, 0.1) is 13.2 Å². The average Bonchev–Trinajstić information content (AvgIpc) is 2.61. The van der Waals surface area contributed by atoms with Gasteiger partial charge in [0.15, 0.2) is 0 Å². The maximum atomic E-state index is 12.3. The second-order valence-electron chi connectivity index (χ2n) is 5.33. The first-order valence-electron chi connectivity index (χ1n) is 5.81. The molecule has 0 saturated heterocycles. The molecule has 0 N–H and O–H groups in total. The van der Waals surface area contributed by atoms with Gasteiger partial charge in [-0.2, -0.15) is 5.26 Å². The number of carbonyl (C=O) groups is 1. The van der Waals surface area contributed by atoms with E-state index in [1.54, 1.807) is 30.2 Å². The van der Waals surface area contributed by atoms with Crippen LogP contribution in [0.5, 0.6) is 5.75 Å². The zero-order valence-corrected chi connectivity index (χ0v) is 11.0. The van der Waals surface area contributed by atoms with Gasteiger partial charge in [0.25, 0.3) is 5.91 Å². The molecule has 0 aromatic heterocycles. The second kappa shape index (κ2) is 4.02. The zero-order chi connectivity index (χ0) is 13.5. The average molecular weight is 244 g/mol. The van der Waals surface area contributed by atoms with E-state index in [1.807, 2.05) is 20.8 Å². The van der Waals surface area contributed by atoms with E-state index in [-0.39, 0.29) is 11.4 Å². The highest BCUT2D eigenvalue weighted by Gasteiger charge is 2.42. The van der Waals surface area contributed by atoms with Gasteiger partial charge in [0, 0.05) is 16.7 Å². The van der Waals surface area contributed by atoms with Crippen molar-refractivity contribution in [1.29, 1.82) is 5.26 Å². The minimum atomic E-state index is -0.539. The molecule has 1 amide bonds. The minimum Gasteiger partial charge on any atom is -0.497 e. The van der Waals surface area contributed by atoms with Crippen LogP contribution in [0.1, 0.15) is 42.7 Å². The fourth-order valence-electron chi connectivity index (χ4n) is 2.29. The minimum absolute atomic E-state index is 0.0910. The van der Waals surface area contributed by atoms with Gasteiger partial charge in [-0.25, -0.2) is 0 Å². The molecule has 1 heterocycles. The summed E-state index contributed by atoms with van der Waals surface area (Å²) < 4.78 is 5.15. The Labute approximate surface area is 107 Å². The summed E-state index contributed by atoms with van der Waals surface area (Å²) in [5.41, 5.74) is 0.943. The van der Waals surface area contributed by atoms with E-state index in [0.717, 1.165) is 5.56 Å². The summed E-state index contributed by atoms with van der Waals surface area (Å²) in [5, 5.41) is 9.34. The molecule has 18 heavy (non-hydrogen) atoms. The number of hydrogen-bond donors (Lipinski definition) is 0. The van der Waals surface area contributed by atoms with Gasteiger partial charge >= 0.3 is 0 Å². The molecule has 1 unspecified atom stereocenters. The summed E-state index contributed by atoms with van der Waals surface area (Å²) in [6.45, 7) is 5.79. The monoisotopic (exact) mass is 244 g/mol. The number of rotatable bonds is 1. The van der Waals surface area contributed by atoms with Crippen LogP contribution in [0.15, 0.2) is 18.2 Å². The van der Waals surface area contributed by atoms with Crippen LogP contribution in [0, 0.1) is 11.3 Å². The molecule has 1 aliphatic rings. The fraction of sp³-hybridized carbons (Fsp3) is 0.429. The van der Waals surface area contributed by atoms with Gasteiger partial charge in [-0.05, 0) is 39.0 Å². The Morgan fingerprint density at radius 1 is 1.39 bits per heavy atom. The van der Waals surface area contributed by atoms with E-state index in [1.165, 1.54) is 0 Å². The Morgan fingerprint density at radius 3 is 2.56 bits per heavy atom. The molecule has 0 aliphatic carbocycles. The fourth-order valence-corrected chi connectivity index (χ4v) is 2.29. The van der Waals surface area contributed by atoms with Gasteiger partial charge in [-0.3, -0.25) is 4.79 Å². The van der Waals surface area contributed by atoms with Crippen LogP contribution in [0.4, 0.5) is 0 Å². The van der Waals surface area contributed by atoms with Crippen molar-refractivity contribution in [3.63, 3.8) is 0 Å². The summed E-state index contributed by atoms with van der Waals surface area (Å²) in [4.78, 5) is 14.0. The van der Waals surface area contributed by atoms with E-state index in [0.29, 0.717) is 11.3 Å². The van der Waals surface area contributed by atoms with Crippen LogP contribution in [-0.2, 0) is 0 Å². The lowest BCUT2D eigenvalue weighted by Crippen LogP contribution is -2.43. The van der Waals surface area contributed by atoms with E-state index >= 15 is 0 Å². The lowest BCUT2D eigenvalue weighted by molar-refractivity contribution is 0.0568. The molecule has 0 bridgehead atoms. The molecule has 1 aromatic rings. The van der Waals surface area contributed by atoms with Crippen LogP contribution < -0.4 is 4.74 Å². The van der Waals surface area contributed by atoms with Crippen LogP contribution in [0.2, 0.25) is 0 Å². The van der Waals surface area contributed by atoms with Crippen molar-refractivity contribution in [3.8, 4) is 11.8 Å². The van der Waals surface area contributed by atoms with Crippen molar-refractivity contribution in [2.45, 2.75) is 32.4 Å². The molecular weight excluding hydrogens is 228 g/mol. The van der Waals surface area contributed by atoms with Crippen molar-refractivity contribution in [3.05, 3.63) is 29.3 Å². The van der Waals surface area contributed by atoms with Gasteiger partial charge in [-0.1, -0.05) is 0 Å². The van der Waals surface area contributed by atoms with Gasteiger partial charge in [-0.15, -0.1) is 0 Å². The molecule has 1 aliphatic heterocycles. The molecule has 0 saturated carbocycles. The first-order valence-corrected chi connectivity index (χ1v) is 5.81. The van der Waals surface area contributed by atoms with Gasteiger partial charge in [0.2, 0.25) is 0 Å². The predicted molar refractivity (Wildman–Crippen MR) is 67.3 cm³/mol. The number of fused-ring (bicyclic) bond motifs is 1. The third kappa shape index (κ3) is 1.72. The number of hydrogen-bond acceptors (Lipinski definition) is 3. The Morgan fingerprint density at radius 2 is 2.06 bits per heavy atom. The van der Waals surface area contributed by atoms with E-state index < -0.39 is 6.04 Å². The summed E-state index contributed by atoms with van der Waals surface area (Å²) in [5.74, 6) is 0.573. The van der Waals surface area contributed by atoms with Crippen LogP contribution in [-0.4, -0.2) is 23.5 Å². The van der Waals surface area contributed by atoms with E-state index in [2.05, 4.69) is 6.07 Å². The number of carbonyl (C=O) groups excluding carboxylic acids is 1. The highest BCUT2D eigenvalue weighted by Crippen LogP contribution is 2.39. The van der Waals surface area contributed by atoms with Crippen molar-refractivity contribution >= 4 is 5.91 Å². The maximum Gasteiger partial charge on any atom is 0.256 e. The Hall–Kier alpha value is -2.02. The van der Waals surface area contributed by atoms with Crippen LogP contribution >= 0.6 is 0 Å². The van der Waals surface area contributed by atoms with Gasteiger partial charge in [0.1, 0.15) is 11.8 Å². The summed E-state index contributed by atoms with van der Waals surface area (Å²) in [6, 6.07) is 6.92. The van der Waals surface area contributed by atoms with Crippen molar-refractivity contribution in [1.82, 2.24) is 4.90 Å². The van der Waals surface area contributed by atoms with Gasteiger partial charge < -0.3 is 9.64 Å².